The van der Waals surface area contributed by atoms with Gasteiger partial charge in [0.15, 0.2) is 0 Å². The van der Waals surface area contributed by atoms with E-state index in [1.54, 1.807) is 6.07 Å². The molecule has 17 heavy (non-hydrogen) atoms. The molecular formula is C13H17N3O. The molecule has 90 valence electrons. The topological polar surface area (TPSA) is 49.1 Å². The Labute approximate surface area is 102 Å². The predicted molar refractivity (Wildman–Crippen MR) is 65.8 cm³/mol. The van der Waals surface area contributed by atoms with Gasteiger partial charge < -0.3 is 9.64 Å². The first kappa shape index (κ1) is 11.9. The number of rotatable bonds is 3. The van der Waals surface area contributed by atoms with Crippen LogP contribution in [0.5, 0.6) is 0 Å². The first-order chi connectivity index (χ1) is 8.29. The van der Waals surface area contributed by atoms with Crippen LogP contribution in [0.1, 0.15) is 25.0 Å². The van der Waals surface area contributed by atoms with Gasteiger partial charge in [-0.3, -0.25) is 0 Å². The Kier molecular flexibility index (Phi) is 3.94. The summed E-state index contributed by atoms with van der Waals surface area (Å²) in [7, 11) is 1.99. The molecule has 0 aromatic carbocycles. The summed E-state index contributed by atoms with van der Waals surface area (Å²) >= 11 is 0. The van der Waals surface area contributed by atoms with Crippen LogP contribution in [0, 0.1) is 11.3 Å². The second kappa shape index (κ2) is 5.65. The Morgan fingerprint density at radius 2 is 2.41 bits per heavy atom. The summed E-state index contributed by atoms with van der Waals surface area (Å²) in [6, 6.07) is 7.55. The lowest BCUT2D eigenvalue weighted by Gasteiger charge is -2.28. The van der Waals surface area contributed by atoms with E-state index in [1.165, 1.54) is 12.8 Å². The number of likely N-dealkylation sites (N-methyl/N-ethyl adjacent to an activating group) is 1. The molecule has 1 unspecified atom stereocenters. The smallest absolute Gasteiger partial charge is 0.142 e. The van der Waals surface area contributed by atoms with Crippen LogP contribution in [0.15, 0.2) is 18.2 Å². The fourth-order valence-electron chi connectivity index (χ4n) is 2.05. The van der Waals surface area contributed by atoms with E-state index in [4.69, 9.17) is 10.00 Å². The average Bonchev–Trinajstić information content (AvgIpc) is 2.40. The van der Waals surface area contributed by atoms with Crippen molar-refractivity contribution in [1.82, 2.24) is 4.98 Å². The number of pyridine rings is 1. The summed E-state index contributed by atoms with van der Waals surface area (Å²) in [5.41, 5.74) is 0.457. The van der Waals surface area contributed by atoms with E-state index in [-0.39, 0.29) is 0 Å². The average molecular weight is 231 g/mol. The van der Waals surface area contributed by atoms with Crippen molar-refractivity contribution in [2.24, 2.45) is 0 Å². The van der Waals surface area contributed by atoms with E-state index in [2.05, 4.69) is 16.0 Å². The van der Waals surface area contributed by atoms with Crippen LogP contribution in [0.4, 0.5) is 5.82 Å². The largest absolute Gasteiger partial charge is 0.376 e. The molecule has 1 saturated heterocycles. The molecule has 2 rings (SSSR count). The van der Waals surface area contributed by atoms with Gasteiger partial charge in [0.05, 0.1) is 6.10 Å². The van der Waals surface area contributed by atoms with Crippen LogP contribution in [0.2, 0.25) is 0 Å². The normalized spacial score (nSPS) is 19.6. The van der Waals surface area contributed by atoms with Gasteiger partial charge in [-0.15, -0.1) is 0 Å². The molecule has 0 spiro atoms. The molecule has 4 heteroatoms. The SMILES string of the molecule is CN(CC1CCCCO1)c1cccc(C#N)n1. The quantitative estimate of drug-likeness (QED) is 0.798. The molecular weight excluding hydrogens is 214 g/mol. The van der Waals surface area contributed by atoms with Crippen molar-refractivity contribution in [3.05, 3.63) is 23.9 Å². The number of hydrogen-bond acceptors (Lipinski definition) is 4. The van der Waals surface area contributed by atoms with E-state index in [1.807, 2.05) is 19.2 Å². The molecule has 0 amide bonds. The van der Waals surface area contributed by atoms with Crippen molar-refractivity contribution in [3.8, 4) is 6.07 Å². The van der Waals surface area contributed by atoms with Crippen LogP contribution in [-0.2, 0) is 4.74 Å². The van der Waals surface area contributed by atoms with Crippen LogP contribution in [-0.4, -0.2) is 31.3 Å². The minimum atomic E-state index is 0.293. The highest BCUT2D eigenvalue weighted by Crippen LogP contribution is 2.16. The minimum Gasteiger partial charge on any atom is -0.376 e. The first-order valence-corrected chi connectivity index (χ1v) is 5.99. The summed E-state index contributed by atoms with van der Waals surface area (Å²) < 4.78 is 5.69. The number of nitriles is 1. The number of aromatic nitrogens is 1. The van der Waals surface area contributed by atoms with Gasteiger partial charge in [-0.05, 0) is 31.4 Å². The molecule has 1 aromatic heterocycles. The highest BCUT2D eigenvalue weighted by atomic mass is 16.5. The summed E-state index contributed by atoms with van der Waals surface area (Å²) in [4.78, 5) is 6.32. The van der Waals surface area contributed by atoms with E-state index in [9.17, 15) is 0 Å². The maximum Gasteiger partial charge on any atom is 0.142 e. The standard InChI is InChI=1S/C13H17N3O/c1-16(10-12-6-2-3-8-17-12)13-7-4-5-11(9-14)15-13/h4-5,7,12H,2-3,6,8,10H2,1H3. The molecule has 1 fully saturated rings. The molecule has 1 aliphatic rings. The molecule has 0 bridgehead atoms. The Balaban J connectivity index is 1.98. The van der Waals surface area contributed by atoms with Crippen molar-refractivity contribution in [2.75, 3.05) is 25.1 Å². The predicted octanol–water partition coefficient (Wildman–Crippen LogP) is 1.96. The molecule has 0 saturated carbocycles. The van der Waals surface area contributed by atoms with E-state index in [0.29, 0.717) is 11.8 Å². The number of hydrogen-bond donors (Lipinski definition) is 0. The number of nitrogens with zero attached hydrogens (tertiary/aromatic N) is 3. The van der Waals surface area contributed by atoms with Gasteiger partial charge >= 0.3 is 0 Å². The maximum absolute atomic E-state index is 8.81. The third kappa shape index (κ3) is 3.18. The van der Waals surface area contributed by atoms with Crippen LogP contribution >= 0.6 is 0 Å². The Bertz CT molecular complexity index is 407. The highest BCUT2D eigenvalue weighted by Gasteiger charge is 2.16. The van der Waals surface area contributed by atoms with Crippen LogP contribution in [0.25, 0.3) is 0 Å². The lowest BCUT2D eigenvalue weighted by atomic mass is 10.1. The number of ether oxygens (including phenoxy) is 1. The second-order valence-corrected chi connectivity index (χ2v) is 4.36. The van der Waals surface area contributed by atoms with Gasteiger partial charge in [-0.25, -0.2) is 4.98 Å². The lowest BCUT2D eigenvalue weighted by Crippen LogP contribution is -2.33. The van der Waals surface area contributed by atoms with Gasteiger partial charge in [-0.2, -0.15) is 5.26 Å². The zero-order valence-corrected chi connectivity index (χ0v) is 10.1. The molecule has 0 aliphatic carbocycles. The first-order valence-electron chi connectivity index (χ1n) is 5.99. The van der Waals surface area contributed by atoms with Crippen molar-refractivity contribution in [3.63, 3.8) is 0 Å². The summed E-state index contributed by atoms with van der Waals surface area (Å²) in [6.07, 6.45) is 3.82. The third-order valence-corrected chi connectivity index (χ3v) is 2.99. The van der Waals surface area contributed by atoms with Crippen molar-refractivity contribution in [1.29, 1.82) is 5.26 Å². The van der Waals surface area contributed by atoms with Crippen molar-refractivity contribution < 1.29 is 4.74 Å². The van der Waals surface area contributed by atoms with Gasteiger partial charge in [0.1, 0.15) is 17.6 Å². The zero-order valence-electron chi connectivity index (χ0n) is 10.1. The van der Waals surface area contributed by atoms with Crippen molar-refractivity contribution in [2.45, 2.75) is 25.4 Å². The third-order valence-electron chi connectivity index (χ3n) is 2.99. The van der Waals surface area contributed by atoms with Gasteiger partial charge in [-0.1, -0.05) is 6.07 Å². The summed E-state index contributed by atoms with van der Waals surface area (Å²) in [6.45, 7) is 1.70. The highest BCUT2D eigenvalue weighted by molar-refractivity contribution is 5.40. The molecule has 4 nitrogen and oxygen atoms in total. The molecule has 0 radical (unpaired) electrons. The molecule has 0 N–H and O–H groups in total. The van der Waals surface area contributed by atoms with Gasteiger partial charge in [0.25, 0.3) is 0 Å². The minimum absolute atomic E-state index is 0.293. The Morgan fingerprint density at radius 3 is 3.12 bits per heavy atom. The Hall–Kier alpha value is -1.60. The summed E-state index contributed by atoms with van der Waals surface area (Å²) in [5.74, 6) is 0.832. The van der Waals surface area contributed by atoms with E-state index in [0.717, 1.165) is 25.4 Å². The monoisotopic (exact) mass is 231 g/mol. The molecule has 1 aliphatic heterocycles. The zero-order chi connectivity index (χ0) is 12.1. The van der Waals surface area contributed by atoms with Gasteiger partial charge in [0.2, 0.25) is 0 Å². The van der Waals surface area contributed by atoms with E-state index < -0.39 is 0 Å². The second-order valence-electron chi connectivity index (χ2n) is 4.36. The van der Waals surface area contributed by atoms with Gasteiger partial charge in [0, 0.05) is 20.2 Å². The molecule has 1 atom stereocenters. The van der Waals surface area contributed by atoms with Crippen molar-refractivity contribution >= 4 is 5.82 Å². The fourth-order valence-corrected chi connectivity index (χ4v) is 2.05. The van der Waals surface area contributed by atoms with Crippen LogP contribution < -0.4 is 4.90 Å². The molecule has 2 heterocycles. The lowest BCUT2D eigenvalue weighted by molar-refractivity contribution is 0.0215. The Morgan fingerprint density at radius 1 is 1.53 bits per heavy atom. The summed E-state index contributed by atoms with van der Waals surface area (Å²) in [5, 5.41) is 8.81. The van der Waals surface area contributed by atoms with Crippen LogP contribution in [0.3, 0.4) is 0 Å². The van der Waals surface area contributed by atoms with E-state index >= 15 is 0 Å². The maximum atomic E-state index is 8.81. The molecule has 1 aromatic rings. The number of anilines is 1. The fraction of sp³-hybridized carbons (Fsp3) is 0.538.